The Bertz CT molecular complexity index is 40.5. The molecule has 0 N–H and O–H groups in total. The second-order valence-electron chi connectivity index (χ2n) is 1.57. The van der Waals surface area contributed by atoms with Gasteiger partial charge in [-0.25, -0.2) is 0 Å². The third-order valence-corrected chi connectivity index (χ3v) is 1.92. The molecule has 0 aliphatic rings. The molecule has 0 aliphatic heterocycles. The minimum atomic E-state index is -1.66. The molecule has 0 bridgehead atoms. The van der Waals surface area contributed by atoms with Crippen LogP contribution in [0.25, 0.3) is 0 Å². The van der Waals surface area contributed by atoms with E-state index in [2.05, 4.69) is 0 Å². The molecule has 1 nitrogen and oxygen atoms in total. The maximum absolute atomic E-state index is 5.63. The average molecular weight is 125 g/mol. The van der Waals surface area contributed by atoms with Gasteiger partial charge in [-0.3, -0.25) is 0 Å². The Hall–Kier alpha value is 0.467. The van der Waals surface area contributed by atoms with Crippen molar-refractivity contribution in [3.63, 3.8) is 0 Å². The summed E-state index contributed by atoms with van der Waals surface area (Å²) in [5, 5.41) is 0. The van der Waals surface area contributed by atoms with Gasteiger partial charge in [0.25, 0.3) is 7.63 Å². The Morgan fingerprint density at radius 2 is 1.67 bits per heavy atom. The van der Waals surface area contributed by atoms with Gasteiger partial charge in [-0.2, -0.15) is 0 Å². The highest BCUT2D eigenvalue weighted by Gasteiger charge is 2.13. The molecule has 0 unspecified atom stereocenters. The number of hydrogen-bond acceptors (Lipinski definition) is 1. The van der Waals surface area contributed by atoms with Crippen molar-refractivity contribution in [3.8, 4) is 0 Å². The molecule has 0 spiro atoms. The topological polar surface area (TPSA) is 9.23 Å². The molecule has 0 aromatic heterocycles. The van der Waals surface area contributed by atoms with E-state index in [9.17, 15) is 0 Å². The smallest absolute Gasteiger partial charge is 0.283 e. The van der Waals surface area contributed by atoms with Gasteiger partial charge in [0, 0.05) is 7.11 Å². The Morgan fingerprint density at radius 3 is 1.67 bits per heavy atom. The highest BCUT2D eigenvalue weighted by Crippen LogP contribution is 2.05. The number of halogens is 1. The van der Waals surface area contributed by atoms with E-state index >= 15 is 0 Å². The van der Waals surface area contributed by atoms with Gasteiger partial charge in [-0.05, 0) is 13.1 Å². The summed E-state index contributed by atoms with van der Waals surface area (Å²) in [4.78, 5) is 0. The molecule has 0 aromatic rings. The average Bonchev–Trinajstić information content (AvgIpc) is 1.35. The molecule has 0 atom stereocenters. The summed E-state index contributed by atoms with van der Waals surface area (Å²) in [6.07, 6.45) is 0. The molecule has 0 amide bonds. The zero-order valence-electron chi connectivity index (χ0n) is 4.29. The van der Waals surface area contributed by atoms with Gasteiger partial charge in [0.05, 0.1) is 0 Å². The lowest BCUT2D eigenvalue weighted by Crippen LogP contribution is -2.18. The van der Waals surface area contributed by atoms with Crippen molar-refractivity contribution < 1.29 is 4.43 Å². The summed E-state index contributed by atoms with van der Waals surface area (Å²) in [7, 11) is -0.0208. The van der Waals surface area contributed by atoms with E-state index in [1.165, 1.54) is 0 Å². The lowest BCUT2D eigenvalue weighted by Gasteiger charge is -2.06. The van der Waals surface area contributed by atoms with Crippen molar-refractivity contribution in [1.29, 1.82) is 0 Å². The normalized spacial score (nSPS) is 12.0. The molecule has 0 saturated heterocycles. The van der Waals surface area contributed by atoms with E-state index in [1.54, 1.807) is 7.11 Å². The highest BCUT2D eigenvalue weighted by molar-refractivity contribution is 7.15. The van der Waals surface area contributed by atoms with Crippen molar-refractivity contribution in [3.05, 3.63) is 0 Å². The summed E-state index contributed by atoms with van der Waals surface area (Å²) in [6, 6.07) is 0. The second kappa shape index (κ2) is 1.96. The molecule has 6 heavy (non-hydrogen) atoms. The molecule has 0 heterocycles. The van der Waals surface area contributed by atoms with Crippen LogP contribution < -0.4 is 0 Å². The Balaban J connectivity index is 3.17. The SMILES string of the molecule is CO[Si](C)(C)Cl. The summed E-state index contributed by atoms with van der Waals surface area (Å²) >= 11 is 5.63. The molecule has 0 fully saturated rings. The van der Waals surface area contributed by atoms with Gasteiger partial charge in [0.2, 0.25) is 0 Å². The Labute approximate surface area is 44.1 Å². The summed E-state index contributed by atoms with van der Waals surface area (Å²) in [6.45, 7) is 3.85. The van der Waals surface area contributed by atoms with Crippen molar-refractivity contribution in [2.45, 2.75) is 13.1 Å². The fraction of sp³-hybridized carbons (Fsp3) is 1.00. The molecule has 0 saturated carbocycles. The van der Waals surface area contributed by atoms with Crippen LogP contribution in [-0.4, -0.2) is 14.7 Å². The third-order valence-electron chi connectivity index (χ3n) is 0.485. The second-order valence-corrected chi connectivity index (χ2v) is 7.43. The van der Waals surface area contributed by atoms with Crippen LogP contribution in [0.5, 0.6) is 0 Å². The Kier molecular flexibility index (Phi) is 2.11. The van der Waals surface area contributed by atoms with Crippen molar-refractivity contribution >= 4 is 18.7 Å². The van der Waals surface area contributed by atoms with Crippen LogP contribution >= 0.6 is 11.1 Å². The molecule has 0 aliphatic carbocycles. The molecule has 38 valence electrons. The van der Waals surface area contributed by atoms with Gasteiger partial charge in [-0.15, -0.1) is 11.1 Å². The zero-order chi connectivity index (χ0) is 5.21. The summed E-state index contributed by atoms with van der Waals surface area (Å²) < 4.78 is 4.84. The maximum Gasteiger partial charge on any atom is 0.283 e. The fourth-order valence-corrected chi connectivity index (χ4v) is 0. The molecular weight excluding hydrogens is 116 g/mol. The van der Waals surface area contributed by atoms with Crippen LogP contribution in [0.3, 0.4) is 0 Å². The quantitative estimate of drug-likeness (QED) is 0.381. The molecule has 3 heteroatoms. The minimum absolute atomic E-state index is 1.64. The van der Waals surface area contributed by atoms with Crippen molar-refractivity contribution in [1.82, 2.24) is 0 Å². The van der Waals surface area contributed by atoms with Gasteiger partial charge >= 0.3 is 0 Å². The summed E-state index contributed by atoms with van der Waals surface area (Å²) in [5.74, 6) is 0. The van der Waals surface area contributed by atoms with E-state index in [-0.39, 0.29) is 0 Å². The van der Waals surface area contributed by atoms with E-state index in [1.807, 2.05) is 13.1 Å². The van der Waals surface area contributed by atoms with Crippen LogP contribution in [0.1, 0.15) is 0 Å². The van der Waals surface area contributed by atoms with E-state index in [0.717, 1.165) is 0 Å². The minimum Gasteiger partial charge on any atom is -0.407 e. The maximum atomic E-state index is 5.63. The monoisotopic (exact) mass is 124 g/mol. The molecular formula is C3H9ClOSi. The van der Waals surface area contributed by atoms with Crippen LogP contribution in [-0.2, 0) is 4.43 Å². The van der Waals surface area contributed by atoms with E-state index in [4.69, 9.17) is 15.5 Å². The highest BCUT2D eigenvalue weighted by atomic mass is 35.6. The predicted molar refractivity (Wildman–Crippen MR) is 30.3 cm³/mol. The largest absolute Gasteiger partial charge is 0.407 e. The van der Waals surface area contributed by atoms with E-state index in [0.29, 0.717) is 0 Å². The Morgan fingerprint density at radius 1 is 1.50 bits per heavy atom. The lowest BCUT2D eigenvalue weighted by molar-refractivity contribution is 0.422. The first-order chi connectivity index (χ1) is 2.56. The van der Waals surface area contributed by atoms with Crippen LogP contribution in [0.4, 0.5) is 0 Å². The molecule has 0 radical (unpaired) electrons. The van der Waals surface area contributed by atoms with Crippen molar-refractivity contribution in [2.75, 3.05) is 7.11 Å². The standard InChI is InChI=1S/C3H9ClOSi/c1-5-6(2,3)4/h1-3H3. The van der Waals surface area contributed by atoms with Gasteiger partial charge in [0.15, 0.2) is 0 Å². The first-order valence-electron chi connectivity index (χ1n) is 1.80. The van der Waals surface area contributed by atoms with Gasteiger partial charge < -0.3 is 4.43 Å². The van der Waals surface area contributed by atoms with Crippen molar-refractivity contribution in [2.24, 2.45) is 0 Å². The van der Waals surface area contributed by atoms with Crippen LogP contribution in [0.2, 0.25) is 13.1 Å². The zero-order valence-corrected chi connectivity index (χ0v) is 6.04. The van der Waals surface area contributed by atoms with E-state index < -0.39 is 7.63 Å². The lowest BCUT2D eigenvalue weighted by atomic mass is 11.8. The number of rotatable bonds is 1. The van der Waals surface area contributed by atoms with Crippen LogP contribution in [0.15, 0.2) is 0 Å². The predicted octanol–water partition coefficient (Wildman–Crippen LogP) is 1.57. The first kappa shape index (κ1) is 6.47. The van der Waals surface area contributed by atoms with Gasteiger partial charge in [0.1, 0.15) is 0 Å². The number of hydrogen-bond donors (Lipinski definition) is 0. The fourth-order valence-electron chi connectivity index (χ4n) is 0. The molecule has 0 aromatic carbocycles. The summed E-state index contributed by atoms with van der Waals surface area (Å²) in [5.41, 5.74) is 0. The van der Waals surface area contributed by atoms with Gasteiger partial charge in [-0.1, -0.05) is 0 Å². The first-order valence-corrected chi connectivity index (χ1v) is 5.72. The third kappa shape index (κ3) is 4.47. The van der Waals surface area contributed by atoms with Crippen LogP contribution in [0, 0.1) is 0 Å². The molecule has 0 rings (SSSR count).